The molecule has 0 bridgehead atoms. The summed E-state index contributed by atoms with van der Waals surface area (Å²) in [5.74, 6) is 0.608. The lowest BCUT2D eigenvalue weighted by Gasteiger charge is -2.26. The molecule has 0 spiro atoms. The van der Waals surface area contributed by atoms with E-state index >= 15 is 0 Å². The van der Waals surface area contributed by atoms with Crippen LogP contribution in [-0.4, -0.2) is 39.5 Å². The fraction of sp³-hybridized carbons (Fsp3) is 0.458. The normalized spacial score (nSPS) is 21.0. The van der Waals surface area contributed by atoms with Crippen molar-refractivity contribution in [3.8, 4) is 17.0 Å². The maximum atomic E-state index is 14.2. The minimum absolute atomic E-state index is 0.110. The zero-order valence-corrected chi connectivity index (χ0v) is 18.2. The summed E-state index contributed by atoms with van der Waals surface area (Å²) in [7, 11) is 0. The average molecular weight is 438 g/mol. The SMILES string of the molecule is Cc1[nH]c2c(-c3cc(F)ccc3OCC3CC3)ncnc2c1C(=O)NC1CCC(N)CC1. The van der Waals surface area contributed by atoms with Gasteiger partial charge in [0.25, 0.3) is 5.91 Å². The first-order valence-corrected chi connectivity index (χ1v) is 11.3. The molecule has 4 N–H and O–H groups in total. The molecule has 168 valence electrons. The van der Waals surface area contributed by atoms with Crippen LogP contribution in [0.2, 0.25) is 0 Å². The molecule has 0 aliphatic heterocycles. The van der Waals surface area contributed by atoms with Crippen LogP contribution in [0.5, 0.6) is 5.75 Å². The molecule has 5 rings (SSSR count). The summed E-state index contributed by atoms with van der Waals surface area (Å²) >= 11 is 0. The molecule has 7 nitrogen and oxygen atoms in total. The van der Waals surface area contributed by atoms with E-state index in [1.807, 2.05) is 6.92 Å². The molecule has 32 heavy (non-hydrogen) atoms. The van der Waals surface area contributed by atoms with Crippen LogP contribution in [-0.2, 0) is 0 Å². The summed E-state index contributed by atoms with van der Waals surface area (Å²) in [6.45, 7) is 2.45. The maximum absolute atomic E-state index is 14.2. The van der Waals surface area contributed by atoms with Gasteiger partial charge >= 0.3 is 0 Å². The Bertz CT molecular complexity index is 1150. The third-order valence-electron chi connectivity index (χ3n) is 6.47. The van der Waals surface area contributed by atoms with Gasteiger partial charge in [-0.25, -0.2) is 14.4 Å². The van der Waals surface area contributed by atoms with Gasteiger partial charge in [-0.1, -0.05) is 0 Å². The number of aromatic nitrogens is 3. The molecular weight excluding hydrogens is 409 g/mol. The fourth-order valence-corrected chi connectivity index (χ4v) is 4.43. The number of rotatable bonds is 6. The Labute approximate surface area is 186 Å². The molecular formula is C24H28FN5O2. The van der Waals surface area contributed by atoms with Crippen molar-refractivity contribution >= 4 is 16.9 Å². The monoisotopic (exact) mass is 437 g/mol. The Balaban J connectivity index is 1.49. The van der Waals surface area contributed by atoms with E-state index in [9.17, 15) is 9.18 Å². The molecule has 2 aliphatic rings. The molecule has 3 aromatic rings. The summed E-state index contributed by atoms with van der Waals surface area (Å²) in [5.41, 5.74) is 9.37. The van der Waals surface area contributed by atoms with Gasteiger partial charge in [0.1, 0.15) is 29.1 Å². The number of H-pyrrole nitrogens is 1. The van der Waals surface area contributed by atoms with Crippen LogP contribution < -0.4 is 15.8 Å². The minimum Gasteiger partial charge on any atom is -0.493 e. The molecule has 0 saturated heterocycles. The predicted octanol–water partition coefficient (Wildman–Crippen LogP) is 3.86. The van der Waals surface area contributed by atoms with Crippen LogP contribution >= 0.6 is 0 Å². The smallest absolute Gasteiger partial charge is 0.255 e. The Kier molecular flexibility index (Phi) is 5.55. The van der Waals surface area contributed by atoms with Gasteiger partial charge in [-0.2, -0.15) is 0 Å². The Hall–Kier alpha value is -3.00. The fourth-order valence-electron chi connectivity index (χ4n) is 4.43. The summed E-state index contributed by atoms with van der Waals surface area (Å²) in [4.78, 5) is 25.2. The van der Waals surface area contributed by atoms with Crippen LogP contribution in [0.15, 0.2) is 24.5 Å². The summed E-state index contributed by atoms with van der Waals surface area (Å²) in [6, 6.07) is 4.78. The lowest BCUT2D eigenvalue weighted by atomic mass is 9.91. The van der Waals surface area contributed by atoms with Gasteiger partial charge in [0.15, 0.2) is 0 Å². The number of nitrogens with zero attached hydrogens (tertiary/aromatic N) is 2. The molecule has 2 saturated carbocycles. The van der Waals surface area contributed by atoms with E-state index in [1.54, 1.807) is 6.07 Å². The zero-order chi connectivity index (χ0) is 22.2. The number of aromatic amines is 1. The topological polar surface area (TPSA) is 106 Å². The molecule has 2 heterocycles. The molecule has 0 unspecified atom stereocenters. The molecule has 8 heteroatoms. The predicted molar refractivity (Wildman–Crippen MR) is 120 cm³/mol. The van der Waals surface area contributed by atoms with Crippen molar-refractivity contribution in [2.24, 2.45) is 11.7 Å². The maximum Gasteiger partial charge on any atom is 0.255 e. The second-order valence-corrected chi connectivity index (χ2v) is 9.05. The van der Waals surface area contributed by atoms with E-state index in [2.05, 4.69) is 20.3 Å². The number of carbonyl (C=O) groups is 1. The van der Waals surface area contributed by atoms with Gasteiger partial charge in [-0.15, -0.1) is 0 Å². The highest BCUT2D eigenvalue weighted by Crippen LogP contribution is 2.36. The van der Waals surface area contributed by atoms with Gasteiger partial charge in [-0.05, 0) is 69.6 Å². The van der Waals surface area contributed by atoms with E-state index in [1.165, 1.54) is 18.5 Å². The summed E-state index contributed by atoms with van der Waals surface area (Å²) < 4.78 is 20.1. The Morgan fingerprint density at radius 3 is 2.75 bits per heavy atom. The van der Waals surface area contributed by atoms with E-state index in [-0.39, 0.29) is 23.8 Å². The highest BCUT2D eigenvalue weighted by molar-refractivity contribution is 6.09. The third kappa shape index (κ3) is 4.19. The van der Waals surface area contributed by atoms with Crippen LogP contribution in [0.3, 0.4) is 0 Å². The molecule has 0 radical (unpaired) electrons. The van der Waals surface area contributed by atoms with E-state index < -0.39 is 0 Å². The van der Waals surface area contributed by atoms with Gasteiger partial charge in [0.2, 0.25) is 0 Å². The largest absolute Gasteiger partial charge is 0.493 e. The van der Waals surface area contributed by atoms with E-state index in [4.69, 9.17) is 10.5 Å². The molecule has 2 fully saturated rings. The van der Waals surface area contributed by atoms with Crippen molar-refractivity contribution in [3.05, 3.63) is 41.6 Å². The number of nitrogens with two attached hydrogens (primary N) is 1. The molecule has 0 atom stereocenters. The van der Waals surface area contributed by atoms with Crippen LogP contribution in [0.4, 0.5) is 4.39 Å². The third-order valence-corrected chi connectivity index (χ3v) is 6.47. The Morgan fingerprint density at radius 2 is 2.00 bits per heavy atom. The van der Waals surface area contributed by atoms with Crippen molar-refractivity contribution in [3.63, 3.8) is 0 Å². The summed E-state index contributed by atoms with van der Waals surface area (Å²) in [5, 5.41) is 3.13. The van der Waals surface area contributed by atoms with Crippen molar-refractivity contribution < 1.29 is 13.9 Å². The minimum atomic E-state index is -0.373. The van der Waals surface area contributed by atoms with E-state index in [0.29, 0.717) is 51.8 Å². The average Bonchev–Trinajstić information content (AvgIpc) is 3.54. The van der Waals surface area contributed by atoms with Crippen LogP contribution in [0.25, 0.3) is 22.3 Å². The first-order valence-electron chi connectivity index (χ1n) is 11.3. The lowest BCUT2D eigenvalue weighted by molar-refractivity contribution is 0.0927. The number of hydrogen-bond acceptors (Lipinski definition) is 5. The van der Waals surface area contributed by atoms with Crippen LogP contribution in [0, 0.1) is 18.7 Å². The number of hydrogen-bond donors (Lipinski definition) is 3. The Morgan fingerprint density at radius 1 is 1.22 bits per heavy atom. The lowest BCUT2D eigenvalue weighted by Crippen LogP contribution is -2.40. The van der Waals surface area contributed by atoms with Gasteiger partial charge in [-0.3, -0.25) is 4.79 Å². The molecule has 1 aromatic carbocycles. The van der Waals surface area contributed by atoms with Gasteiger partial charge in [0, 0.05) is 23.3 Å². The van der Waals surface area contributed by atoms with E-state index in [0.717, 1.165) is 38.5 Å². The number of amides is 1. The number of aryl methyl sites for hydroxylation is 1. The van der Waals surface area contributed by atoms with Crippen molar-refractivity contribution in [2.75, 3.05) is 6.61 Å². The highest BCUT2D eigenvalue weighted by Gasteiger charge is 2.26. The van der Waals surface area contributed by atoms with Gasteiger partial charge < -0.3 is 20.8 Å². The van der Waals surface area contributed by atoms with Crippen molar-refractivity contribution in [2.45, 2.75) is 57.5 Å². The molecule has 2 aliphatic carbocycles. The number of carbonyl (C=O) groups excluding carboxylic acids is 1. The number of halogens is 1. The van der Waals surface area contributed by atoms with Crippen molar-refractivity contribution in [1.29, 1.82) is 0 Å². The number of ether oxygens (including phenoxy) is 1. The first-order chi connectivity index (χ1) is 15.5. The van der Waals surface area contributed by atoms with Gasteiger partial charge in [0.05, 0.1) is 17.7 Å². The standard InChI is InChI=1S/C24H28FN5O2/c1-13-20(24(31)30-17-7-5-16(26)6-8-17)22-23(29-13)21(27-12-28-22)18-10-15(25)4-9-19(18)32-11-14-2-3-14/h4,9-10,12,14,16-17,29H,2-3,5-8,11,26H2,1H3,(H,30,31). The second kappa shape index (κ2) is 8.50. The summed E-state index contributed by atoms with van der Waals surface area (Å²) in [6.07, 6.45) is 7.31. The zero-order valence-electron chi connectivity index (χ0n) is 18.2. The highest BCUT2D eigenvalue weighted by atomic mass is 19.1. The van der Waals surface area contributed by atoms with Crippen LogP contribution in [0.1, 0.15) is 54.6 Å². The second-order valence-electron chi connectivity index (χ2n) is 9.05. The number of benzene rings is 1. The molecule has 1 amide bonds. The number of fused-ring (bicyclic) bond motifs is 1. The number of nitrogens with one attached hydrogen (secondary N) is 2. The quantitative estimate of drug-likeness (QED) is 0.543. The van der Waals surface area contributed by atoms with Crippen molar-refractivity contribution in [1.82, 2.24) is 20.3 Å². The molecule has 2 aromatic heterocycles. The first kappa shape index (κ1) is 20.9.